The van der Waals surface area contributed by atoms with Crippen molar-refractivity contribution in [2.45, 2.75) is 6.61 Å². The van der Waals surface area contributed by atoms with Gasteiger partial charge >= 0.3 is 0 Å². The van der Waals surface area contributed by atoms with Crippen molar-refractivity contribution in [3.8, 4) is 16.9 Å². The molecule has 5 nitrogen and oxygen atoms in total. The zero-order valence-corrected chi connectivity index (χ0v) is 8.47. The summed E-state index contributed by atoms with van der Waals surface area (Å²) in [7, 11) is 0. The normalized spacial score (nSPS) is 14.2. The molecule has 82 valence electrons. The number of hydrogen-bond donors (Lipinski definition) is 1. The summed E-state index contributed by atoms with van der Waals surface area (Å²) >= 11 is 0. The molecule has 1 aromatic heterocycles. The molecule has 3 rings (SSSR count). The van der Waals surface area contributed by atoms with E-state index in [1.807, 2.05) is 18.2 Å². The van der Waals surface area contributed by atoms with Gasteiger partial charge in [-0.1, -0.05) is 23.4 Å². The number of nitrogens with two attached hydrogens (primary N) is 1. The number of nitrogen functional groups attached to an aromatic ring is 1. The van der Waals surface area contributed by atoms with Gasteiger partial charge < -0.3 is 19.7 Å². The molecule has 0 unspecified atom stereocenters. The number of hydrogen-bond acceptors (Lipinski definition) is 5. The fourth-order valence-electron chi connectivity index (χ4n) is 1.78. The lowest BCUT2D eigenvalue weighted by molar-refractivity contribution is -0.0159. The summed E-state index contributed by atoms with van der Waals surface area (Å²) in [4.78, 5) is 0. The molecule has 2 aromatic rings. The maximum Gasteiger partial charge on any atom is 0.230 e. The monoisotopic (exact) mass is 218 g/mol. The van der Waals surface area contributed by atoms with Crippen LogP contribution >= 0.6 is 0 Å². The van der Waals surface area contributed by atoms with Gasteiger partial charge in [-0.15, -0.1) is 0 Å². The summed E-state index contributed by atoms with van der Waals surface area (Å²) in [5, 5.41) is 3.66. The molecule has 1 aliphatic heterocycles. The maximum atomic E-state index is 5.69. The first-order valence-electron chi connectivity index (χ1n) is 4.89. The Morgan fingerprint density at radius 2 is 2.19 bits per heavy atom. The van der Waals surface area contributed by atoms with E-state index in [1.165, 1.54) is 0 Å². The smallest absolute Gasteiger partial charge is 0.230 e. The van der Waals surface area contributed by atoms with Gasteiger partial charge in [-0.3, -0.25) is 0 Å². The lowest BCUT2D eigenvalue weighted by Gasteiger charge is -2.19. The van der Waals surface area contributed by atoms with E-state index in [9.17, 15) is 0 Å². The zero-order valence-electron chi connectivity index (χ0n) is 8.47. The Kier molecular flexibility index (Phi) is 2.04. The molecule has 0 bridgehead atoms. The first-order valence-corrected chi connectivity index (χ1v) is 4.89. The number of para-hydroxylation sites is 1. The molecule has 1 aromatic carbocycles. The van der Waals surface area contributed by atoms with Gasteiger partial charge in [-0.25, -0.2) is 0 Å². The van der Waals surface area contributed by atoms with Crippen molar-refractivity contribution in [3.05, 3.63) is 30.0 Å². The standard InChI is InChI=1S/C11H10N2O3/c12-11-9(4-13-16-11)8-3-1-2-7-5-14-6-15-10(7)8/h1-4H,5-6,12H2. The highest BCUT2D eigenvalue weighted by molar-refractivity contribution is 5.78. The lowest BCUT2D eigenvalue weighted by atomic mass is 10.0. The second-order valence-electron chi connectivity index (χ2n) is 3.51. The Morgan fingerprint density at radius 3 is 3.00 bits per heavy atom. The summed E-state index contributed by atoms with van der Waals surface area (Å²) in [5.41, 5.74) is 8.33. The first-order chi connectivity index (χ1) is 7.86. The Bertz CT molecular complexity index is 522. The Morgan fingerprint density at radius 1 is 1.25 bits per heavy atom. The van der Waals surface area contributed by atoms with Crippen LogP contribution in [0.15, 0.2) is 28.9 Å². The van der Waals surface area contributed by atoms with Crippen LogP contribution in [0.3, 0.4) is 0 Å². The van der Waals surface area contributed by atoms with Crippen LogP contribution in [0.5, 0.6) is 5.75 Å². The molecule has 0 saturated carbocycles. The molecule has 0 atom stereocenters. The predicted octanol–water partition coefficient (Wildman–Crippen LogP) is 1.79. The molecule has 0 saturated heterocycles. The maximum absolute atomic E-state index is 5.69. The van der Waals surface area contributed by atoms with Gasteiger partial charge in [-0.05, 0) is 0 Å². The van der Waals surface area contributed by atoms with Crippen LogP contribution in [-0.2, 0) is 11.3 Å². The molecule has 0 spiro atoms. The van der Waals surface area contributed by atoms with E-state index in [-0.39, 0.29) is 6.79 Å². The van der Waals surface area contributed by atoms with Gasteiger partial charge in [-0.2, -0.15) is 0 Å². The van der Waals surface area contributed by atoms with Gasteiger partial charge in [0.15, 0.2) is 6.79 Å². The van der Waals surface area contributed by atoms with E-state index in [0.717, 1.165) is 22.4 Å². The van der Waals surface area contributed by atoms with Crippen molar-refractivity contribution >= 4 is 5.88 Å². The van der Waals surface area contributed by atoms with E-state index in [2.05, 4.69) is 5.16 Å². The summed E-state index contributed by atoms with van der Waals surface area (Å²) in [6.45, 7) is 0.809. The van der Waals surface area contributed by atoms with Crippen LogP contribution in [-0.4, -0.2) is 11.9 Å². The minimum atomic E-state index is 0.259. The number of benzene rings is 1. The molecule has 0 aliphatic carbocycles. The highest BCUT2D eigenvalue weighted by Gasteiger charge is 2.18. The van der Waals surface area contributed by atoms with Crippen molar-refractivity contribution in [1.29, 1.82) is 0 Å². The molecule has 0 amide bonds. The molecular formula is C11H10N2O3. The molecule has 5 heteroatoms. The quantitative estimate of drug-likeness (QED) is 0.790. The largest absolute Gasteiger partial charge is 0.467 e. The average molecular weight is 218 g/mol. The van der Waals surface area contributed by atoms with Crippen molar-refractivity contribution in [2.75, 3.05) is 12.5 Å². The number of anilines is 1. The van der Waals surface area contributed by atoms with Gasteiger partial charge in [0.1, 0.15) is 5.75 Å². The third kappa shape index (κ3) is 1.33. The van der Waals surface area contributed by atoms with Gasteiger partial charge in [0.2, 0.25) is 5.88 Å². The summed E-state index contributed by atoms with van der Waals surface area (Å²) < 4.78 is 15.5. The van der Waals surface area contributed by atoms with Crippen LogP contribution < -0.4 is 10.5 Å². The van der Waals surface area contributed by atoms with Crippen LogP contribution in [0.2, 0.25) is 0 Å². The highest BCUT2D eigenvalue weighted by Crippen LogP contribution is 2.37. The van der Waals surface area contributed by atoms with Crippen LogP contribution in [0.4, 0.5) is 5.88 Å². The van der Waals surface area contributed by atoms with Gasteiger partial charge in [0.05, 0.1) is 18.4 Å². The van der Waals surface area contributed by atoms with Crippen molar-refractivity contribution in [3.63, 3.8) is 0 Å². The molecular weight excluding hydrogens is 208 g/mol. The average Bonchev–Trinajstić information content (AvgIpc) is 2.75. The van der Waals surface area contributed by atoms with E-state index < -0.39 is 0 Å². The van der Waals surface area contributed by atoms with Crippen molar-refractivity contribution in [2.24, 2.45) is 0 Å². The summed E-state index contributed by atoms with van der Waals surface area (Å²) in [6, 6.07) is 5.81. The summed E-state index contributed by atoms with van der Waals surface area (Å²) in [5.74, 6) is 1.09. The summed E-state index contributed by atoms with van der Waals surface area (Å²) in [6.07, 6.45) is 1.59. The second-order valence-corrected chi connectivity index (χ2v) is 3.51. The fourth-order valence-corrected chi connectivity index (χ4v) is 1.78. The first kappa shape index (κ1) is 9.23. The Hall–Kier alpha value is -2.01. The van der Waals surface area contributed by atoms with E-state index in [0.29, 0.717) is 12.5 Å². The van der Waals surface area contributed by atoms with Crippen molar-refractivity contribution < 1.29 is 14.0 Å². The van der Waals surface area contributed by atoms with Crippen LogP contribution in [0, 0.1) is 0 Å². The fraction of sp³-hybridized carbons (Fsp3) is 0.182. The Balaban J connectivity index is 2.18. The van der Waals surface area contributed by atoms with Crippen LogP contribution in [0.1, 0.15) is 5.56 Å². The SMILES string of the molecule is Nc1oncc1-c1cccc2c1OCOC2. The number of nitrogens with zero attached hydrogens (tertiary/aromatic N) is 1. The number of ether oxygens (including phenoxy) is 2. The third-order valence-corrected chi connectivity index (χ3v) is 2.53. The highest BCUT2D eigenvalue weighted by atomic mass is 16.7. The molecule has 0 radical (unpaired) electrons. The molecule has 2 N–H and O–H groups in total. The van der Waals surface area contributed by atoms with E-state index in [4.69, 9.17) is 19.7 Å². The lowest BCUT2D eigenvalue weighted by Crippen LogP contribution is -2.12. The molecule has 0 fully saturated rings. The molecule has 16 heavy (non-hydrogen) atoms. The van der Waals surface area contributed by atoms with Crippen molar-refractivity contribution in [1.82, 2.24) is 5.16 Å². The number of rotatable bonds is 1. The third-order valence-electron chi connectivity index (χ3n) is 2.53. The van der Waals surface area contributed by atoms with Gasteiger partial charge in [0.25, 0.3) is 0 Å². The Labute approximate surface area is 91.7 Å². The van der Waals surface area contributed by atoms with Crippen LogP contribution in [0.25, 0.3) is 11.1 Å². The molecule has 1 aliphatic rings. The number of aromatic nitrogens is 1. The zero-order chi connectivity index (χ0) is 11.0. The van der Waals surface area contributed by atoms with E-state index >= 15 is 0 Å². The minimum absolute atomic E-state index is 0.259. The van der Waals surface area contributed by atoms with E-state index in [1.54, 1.807) is 6.20 Å². The predicted molar refractivity (Wildman–Crippen MR) is 56.6 cm³/mol. The topological polar surface area (TPSA) is 70.5 Å². The minimum Gasteiger partial charge on any atom is -0.467 e. The second kappa shape index (κ2) is 3.53. The number of fused-ring (bicyclic) bond motifs is 1. The van der Waals surface area contributed by atoms with Gasteiger partial charge in [0, 0.05) is 11.1 Å². The molecule has 2 heterocycles.